The van der Waals surface area contributed by atoms with Crippen molar-refractivity contribution >= 4 is 28.6 Å². The first-order valence-electron chi connectivity index (χ1n) is 9.45. The fraction of sp³-hybridized carbons (Fsp3) is 0.474. The van der Waals surface area contributed by atoms with Gasteiger partial charge in [0.15, 0.2) is 5.82 Å². The molecule has 8 heteroatoms. The largest absolute Gasteiger partial charge is 0.332 e. The molecular formula is C19H23N5O2S. The Bertz CT molecular complexity index is 850. The van der Waals surface area contributed by atoms with Gasteiger partial charge in [-0.2, -0.15) is 0 Å². The predicted octanol–water partition coefficient (Wildman–Crippen LogP) is 3.17. The molecule has 2 aliphatic heterocycles. The van der Waals surface area contributed by atoms with Gasteiger partial charge in [-0.15, -0.1) is 10.2 Å². The van der Waals surface area contributed by atoms with E-state index in [2.05, 4.69) is 20.1 Å². The van der Waals surface area contributed by atoms with Crippen molar-refractivity contribution in [3.05, 3.63) is 30.1 Å². The number of fused-ring (bicyclic) bond motifs is 1. The molecule has 4 rings (SSSR count). The third-order valence-corrected chi connectivity index (χ3v) is 5.86. The Balaban J connectivity index is 1.43. The van der Waals surface area contributed by atoms with Crippen LogP contribution in [0.15, 0.2) is 24.3 Å². The van der Waals surface area contributed by atoms with Crippen LogP contribution in [-0.4, -0.2) is 49.7 Å². The summed E-state index contributed by atoms with van der Waals surface area (Å²) in [5.41, 5.74) is 1.70. The van der Waals surface area contributed by atoms with Crippen molar-refractivity contribution < 1.29 is 9.59 Å². The van der Waals surface area contributed by atoms with Crippen LogP contribution in [0.25, 0.3) is 11.4 Å². The lowest BCUT2D eigenvalue weighted by Gasteiger charge is -2.14. The van der Waals surface area contributed by atoms with E-state index in [0.717, 1.165) is 61.0 Å². The number of carbonyl (C=O) groups excluding carboxylic acids is 2. The first kappa shape index (κ1) is 18.0. The molecule has 2 amide bonds. The molecule has 142 valence electrons. The monoisotopic (exact) mass is 385 g/mol. The second-order valence-electron chi connectivity index (χ2n) is 6.88. The highest BCUT2D eigenvalue weighted by atomic mass is 32.2. The second-order valence-corrected chi connectivity index (χ2v) is 7.93. The highest BCUT2D eigenvalue weighted by Crippen LogP contribution is 2.25. The maximum atomic E-state index is 12.3. The first-order chi connectivity index (χ1) is 13.2. The quantitative estimate of drug-likeness (QED) is 0.855. The van der Waals surface area contributed by atoms with E-state index in [1.807, 2.05) is 24.3 Å². The summed E-state index contributed by atoms with van der Waals surface area (Å²) in [7, 11) is 0. The van der Waals surface area contributed by atoms with E-state index in [4.69, 9.17) is 0 Å². The van der Waals surface area contributed by atoms with Crippen molar-refractivity contribution in [3.8, 4) is 11.4 Å². The molecule has 1 saturated heterocycles. The van der Waals surface area contributed by atoms with Crippen LogP contribution in [0.5, 0.6) is 0 Å². The minimum absolute atomic E-state index is 0.0669. The summed E-state index contributed by atoms with van der Waals surface area (Å²) in [5, 5.41) is 11.7. The van der Waals surface area contributed by atoms with Crippen LogP contribution >= 0.6 is 11.8 Å². The smallest absolute Gasteiger partial charge is 0.281 e. The van der Waals surface area contributed by atoms with Gasteiger partial charge in [-0.3, -0.25) is 9.59 Å². The van der Waals surface area contributed by atoms with Gasteiger partial charge in [0.2, 0.25) is 5.91 Å². The van der Waals surface area contributed by atoms with E-state index >= 15 is 0 Å². The van der Waals surface area contributed by atoms with Crippen molar-refractivity contribution in [2.45, 2.75) is 38.6 Å². The summed E-state index contributed by atoms with van der Waals surface area (Å²) in [6, 6.07) is 7.73. The van der Waals surface area contributed by atoms with Crippen LogP contribution in [0.1, 0.15) is 31.5 Å². The highest BCUT2D eigenvalue weighted by Gasteiger charge is 2.21. The van der Waals surface area contributed by atoms with Crippen molar-refractivity contribution in [3.63, 3.8) is 0 Å². The number of hydrogen-bond acceptors (Lipinski definition) is 5. The number of benzene rings is 1. The molecule has 27 heavy (non-hydrogen) atoms. The van der Waals surface area contributed by atoms with Crippen molar-refractivity contribution in [1.29, 1.82) is 0 Å². The average molecular weight is 385 g/mol. The predicted molar refractivity (Wildman–Crippen MR) is 106 cm³/mol. The van der Waals surface area contributed by atoms with E-state index in [0.29, 0.717) is 13.0 Å². The molecule has 0 saturated carbocycles. The topological polar surface area (TPSA) is 80.1 Å². The number of nitrogens with one attached hydrogen (secondary N) is 1. The van der Waals surface area contributed by atoms with Crippen molar-refractivity contribution in [1.82, 2.24) is 19.7 Å². The van der Waals surface area contributed by atoms with Gasteiger partial charge in [-0.05, 0) is 25.0 Å². The first-order valence-corrected chi connectivity index (χ1v) is 10.4. The van der Waals surface area contributed by atoms with Crippen LogP contribution in [0.3, 0.4) is 0 Å². The number of amides is 2. The standard InChI is InChI=1S/C19H23N5O2S/c25-17(8-10-23-11-12-27-19(23)26)20-15-6-4-5-14(13-15)18-22-21-16-7-2-1-3-9-24(16)18/h4-6,13H,1-3,7-12H2,(H,20,25). The number of aryl methyl sites for hydroxylation is 1. The number of carbonyl (C=O) groups is 2. The molecule has 1 N–H and O–H groups in total. The number of anilines is 1. The molecule has 3 heterocycles. The second kappa shape index (κ2) is 8.12. The zero-order chi connectivity index (χ0) is 18.6. The van der Waals surface area contributed by atoms with Crippen LogP contribution in [0.4, 0.5) is 10.5 Å². The van der Waals surface area contributed by atoms with Gasteiger partial charge in [0.1, 0.15) is 5.82 Å². The number of rotatable bonds is 5. The van der Waals surface area contributed by atoms with Crippen molar-refractivity contribution in [2.24, 2.45) is 0 Å². The molecule has 2 aliphatic rings. The average Bonchev–Trinajstić information content (AvgIpc) is 3.19. The molecular weight excluding hydrogens is 362 g/mol. The summed E-state index contributed by atoms with van der Waals surface area (Å²) in [6.07, 6.45) is 4.79. The molecule has 0 radical (unpaired) electrons. The lowest BCUT2D eigenvalue weighted by atomic mass is 10.2. The van der Waals surface area contributed by atoms with E-state index in [1.165, 1.54) is 18.2 Å². The molecule has 0 aliphatic carbocycles. The molecule has 1 fully saturated rings. The van der Waals surface area contributed by atoms with Crippen molar-refractivity contribution in [2.75, 3.05) is 24.2 Å². The molecule has 1 aromatic carbocycles. The fourth-order valence-electron chi connectivity index (χ4n) is 3.52. The molecule has 0 spiro atoms. The lowest BCUT2D eigenvalue weighted by Crippen LogP contribution is -2.27. The Morgan fingerprint density at radius 1 is 1.19 bits per heavy atom. The van der Waals surface area contributed by atoms with Gasteiger partial charge >= 0.3 is 0 Å². The molecule has 0 atom stereocenters. The Hall–Kier alpha value is -2.35. The molecule has 0 bridgehead atoms. The van der Waals surface area contributed by atoms with Gasteiger partial charge in [-0.1, -0.05) is 30.3 Å². The number of aromatic nitrogens is 3. The van der Waals surface area contributed by atoms with E-state index in [-0.39, 0.29) is 11.1 Å². The molecule has 1 aromatic heterocycles. The third-order valence-electron chi connectivity index (χ3n) is 4.97. The zero-order valence-electron chi connectivity index (χ0n) is 15.2. The normalized spacial score (nSPS) is 16.9. The van der Waals surface area contributed by atoms with Gasteiger partial charge in [0.05, 0.1) is 0 Å². The van der Waals surface area contributed by atoms with Crippen LogP contribution in [0, 0.1) is 0 Å². The van der Waals surface area contributed by atoms with Gasteiger partial charge in [-0.25, -0.2) is 0 Å². The summed E-state index contributed by atoms with van der Waals surface area (Å²) in [5.74, 6) is 2.63. The van der Waals surface area contributed by atoms with Gasteiger partial charge < -0.3 is 14.8 Å². The lowest BCUT2D eigenvalue weighted by molar-refractivity contribution is -0.116. The minimum atomic E-state index is -0.0862. The van der Waals surface area contributed by atoms with Gasteiger partial charge in [0, 0.05) is 49.5 Å². The summed E-state index contributed by atoms with van der Waals surface area (Å²) in [4.78, 5) is 25.6. The Labute approximate surface area is 162 Å². The molecule has 2 aromatic rings. The minimum Gasteiger partial charge on any atom is -0.332 e. The van der Waals surface area contributed by atoms with Gasteiger partial charge in [0.25, 0.3) is 5.24 Å². The third kappa shape index (κ3) is 4.16. The van der Waals surface area contributed by atoms with Crippen LogP contribution in [-0.2, 0) is 17.8 Å². The molecule has 7 nitrogen and oxygen atoms in total. The maximum absolute atomic E-state index is 12.3. The maximum Gasteiger partial charge on any atom is 0.281 e. The summed E-state index contributed by atoms with van der Waals surface area (Å²) >= 11 is 1.31. The zero-order valence-corrected chi connectivity index (χ0v) is 16.0. The highest BCUT2D eigenvalue weighted by molar-refractivity contribution is 8.13. The van der Waals surface area contributed by atoms with Crippen LogP contribution < -0.4 is 5.32 Å². The number of nitrogens with zero attached hydrogens (tertiary/aromatic N) is 4. The van der Waals surface area contributed by atoms with E-state index in [9.17, 15) is 9.59 Å². The summed E-state index contributed by atoms with van der Waals surface area (Å²) < 4.78 is 2.20. The molecule has 0 unspecified atom stereocenters. The van der Waals surface area contributed by atoms with Crippen LogP contribution in [0.2, 0.25) is 0 Å². The van der Waals surface area contributed by atoms with E-state index < -0.39 is 0 Å². The Kier molecular flexibility index (Phi) is 5.42. The fourth-order valence-corrected chi connectivity index (χ4v) is 4.37. The van der Waals surface area contributed by atoms with E-state index in [1.54, 1.807) is 4.90 Å². The Morgan fingerprint density at radius 3 is 2.96 bits per heavy atom. The number of thioether (sulfide) groups is 1. The SMILES string of the molecule is O=C(CCN1CCSC1=O)Nc1cccc(-c2nnc3n2CCCCC3)c1. The number of hydrogen-bond donors (Lipinski definition) is 1. The Morgan fingerprint density at radius 2 is 2.11 bits per heavy atom. The summed E-state index contributed by atoms with van der Waals surface area (Å²) in [6.45, 7) is 2.13.